The predicted octanol–water partition coefficient (Wildman–Crippen LogP) is 7.89. The first-order chi connectivity index (χ1) is 44.8. The molecule has 0 bridgehead atoms. The molecule has 8 fully saturated rings. The van der Waals surface area contributed by atoms with E-state index in [2.05, 4.69) is 44.3 Å². The molecule has 9 aliphatic rings. The first kappa shape index (κ1) is 70.0. The number of aliphatic hydroxyl groups excluding tert-OH is 3. The van der Waals surface area contributed by atoms with Crippen LogP contribution in [0.1, 0.15) is 195 Å². The van der Waals surface area contributed by atoms with Gasteiger partial charge in [0, 0.05) is 69.7 Å². The number of anilines is 1. The highest BCUT2D eigenvalue weighted by Crippen LogP contribution is 2.66. The summed E-state index contributed by atoms with van der Waals surface area (Å²) in [4.78, 5) is 63.8. The number of aliphatic hydroxyl groups is 3. The number of hydrogen-bond donors (Lipinski definition) is 6. The normalized spacial score (nSPS) is 38.6. The lowest BCUT2D eigenvalue weighted by Crippen LogP contribution is -2.55. The first-order valence-electron chi connectivity index (χ1n) is 35.5. The van der Waals surface area contributed by atoms with Gasteiger partial charge in [-0.15, -0.1) is 0 Å². The third kappa shape index (κ3) is 17.0. The highest BCUT2D eigenvalue weighted by atomic mass is 16.7. The Labute approximate surface area is 548 Å². The molecule has 2 aromatic heterocycles. The SMILES string of the molecule is CC1CC[C@@H](O[C@H]2C[C@H](O)[C@H](OC3C[C@H](O)[C@H](OC4CC[C@H](OCCCCCC(=O)NCCCCCC(=O)Nc5ncnc6c5ncn6[C@H]5CC[C@@H](CN(C)CCCC(=O)O)O5)[C@@H](C)O4)[C@@H](C)O3)[C@@H](C)O2)C[C@H]2CCC3[C@H](C[C@@H](O)[C@]4(C)[C@@H](C5=CC(=O)OC5)CC[C@@H]34)C12. The number of aliphatic carboxylic acids is 1. The Kier molecular flexibility index (Phi) is 24.0. The van der Waals surface area contributed by atoms with Crippen molar-refractivity contribution in [3.63, 3.8) is 0 Å². The molecule has 0 spiro atoms. The van der Waals surface area contributed by atoms with Crippen LogP contribution in [0.25, 0.3) is 11.2 Å². The quantitative estimate of drug-likeness (QED) is 0.0348. The van der Waals surface area contributed by atoms with Gasteiger partial charge in [-0.2, -0.15) is 0 Å². The van der Waals surface area contributed by atoms with Crippen LogP contribution in [0, 0.1) is 46.8 Å². The zero-order chi connectivity index (χ0) is 65.5. The van der Waals surface area contributed by atoms with Gasteiger partial charge >= 0.3 is 11.9 Å². The lowest BCUT2D eigenvalue weighted by Gasteiger charge is -2.57. The van der Waals surface area contributed by atoms with E-state index in [1.54, 1.807) is 12.4 Å². The van der Waals surface area contributed by atoms with E-state index in [-0.39, 0.29) is 79.0 Å². The minimum atomic E-state index is -0.889. The molecular weight excluding hydrogens is 1200 g/mol. The Morgan fingerprint density at radius 3 is 2.18 bits per heavy atom. The molecule has 4 saturated heterocycles. The molecule has 7 heterocycles. The molecule has 93 heavy (non-hydrogen) atoms. The zero-order valence-corrected chi connectivity index (χ0v) is 55.8. The van der Waals surface area contributed by atoms with E-state index in [0.717, 1.165) is 108 Å². The number of carbonyl (C=O) groups excluding carboxylic acids is 3. The van der Waals surface area contributed by atoms with Crippen LogP contribution in [0.4, 0.5) is 5.82 Å². The van der Waals surface area contributed by atoms with E-state index in [0.29, 0.717) is 117 Å². The molecule has 5 unspecified atom stereocenters. The average molecular weight is 1310 g/mol. The Morgan fingerprint density at radius 1 is 0.720 bits per heavy atom. The van der Waals surface area contributed by atoms with Gasteiger partial charge in [0.15, 0.2) is 35.9 Å². The van der Waals surface area contributed by atoms with Gasteiger partial charge in [0.05, 0.1) is 61.3 Å². The molecule has 6 N–H and O–H groups in total. The van der Waals surface area contributed by atoms with Crippen molar-refractivity contribution in [2.45, 2.75) is 281 Å². The second-order valence-electron chi connectivity index (χ2n) is 29.2. The van der Waals surface area contributed by atoms with Crippen LogP contribution >= 0.6 is 0 Å². The van der Waals surface area contributed by atoms with Gasteiger partial charge in [0.2, 0.25) is 11.8 Å². The summed E-state index contributed by atoms with van der Waals surface area (Å²) in [7, 11) is 1.97. The third-order valence-corrected chi connectivity index (χ3v) is 22.9. The number of carboxylic acid groups (broad SMARTS) is 1. The Hall–Kier alpha value is -4.31. The lowest BCUT2D eigenvalue weighted by molar-refractivity contribution is -0.332. The second-order valence-corrected chi connectivity index (χ2v) is 29.2. The summed E-state index contributed by atoms with van der Waals surface area (Å²) in [5, 5.41) is 49.9. The summed E-state index contributed by atoms with van der Waals surface area (Å²) in [6.07, 6.45) is 15.4. The van der Waals surface area contributed by atoms with Gasteiger partial charge in [-0.1, -0.05) is 26.7 Å². The largest absolute Gasteiger partial charge is 0.481 e. The van der Waals surface area contributed by atoms with Crippen LogP contribution in [0.2, 0.25) is 0 Å². The number of imidazole rings is 1. The Balaban J connectivity index is 0.516. The smallest absolute Gasteiger partial charge is 0.331 e. The number of amides is 2. The molecule has 0 radical (unpaired) electrons. The number of cyclic esters (lactones) is 1. The minimum Gasteiger partial charge on any atom is -0.481 e. The number of aromatic nitrogens is 4. The number of esters is 1. The number of nitrogens with zero attached hydrogens (tertiary/aromatic N) is 5. The van der Waals surface area contributed by atoms with Gasteiger partial charge in [-0.05, 0) is 184 Å². The average Bonchev–Trinajstić information content (AvgIpc) is 1.64. The highest BCUT2D eigenvalue weighted by molar-refractivity contribution is 5.96. The van der Waals surface area contributed by atoms with Crippen molar-refractivity contribution < 1.29 is 82.2 Å². The Bertz CT molecular complexity index is 2820. The van der Waals surface area contributed by atoms with Gasteiger partial charge < -0.3 is 78.6 Å². The number of fused-ring (bicyclic) bond motifs is 6. The molecular formula is C69H107N7O17. The van der Waals surface area contributed by atoms with Crippen LogP contribution in [0.5, 0.6) is 0 Å². The standard InChI is InChI=1S/C69H107N7O17/c1-39-17-19-45(30-43-18-21-47-48(63(39)43)32-54(79)69(5)49(22-23-50(47)69)44-31-59(84)86-36-44)91-61-33-51(77)66(42(4)88-61)93-62-34-52(78)65(41(3)89-62)92-60-26-24-53(40(2)87-60)85-29-12-8-10-14-55(80)70-27-11-7-9-15-56(81)74-67-64-68(72-37-71-67)76(38-73-64)57-25-20-46(90-57)35-75(6)28-13-16-58(82)83/h31,37-43,45-54,57,60-63,65-66,77-79H,7-30,32-36H2,1-6H3,(H,70,80)(H,82,83)(H,71,72,74,81)/t39?,40-,41-,42-,43-,45-,46+,47?,48+,49-,50+,51+,52+,53+,54-,57-,60?,61+,62?,63?,65-,66-,69-/m1/s1. The van der Waals surface area contributed by atoms with Crippen molar-refractivity contribution in [3.8, 4) is 0 Å². The van der Waals surface area contributed by atoms with E-state index in [4.69, 9.17) is 47.7 Å². The molecule has 0 aromatic carbocycles. The van der Waals surface area contributed by atoms with E-state index >= 15 is 0 Å². The maximum Gasteiger partial charge on any atom is 0.331 e. The molecule has 520 valence electrons. The van der Waals surface area contributed by atoms with E-state index in [9.17, 15) is 34.5 Å². The fourth-order valence-corrected chi connectivity index (χ4v) is 18.2. The predicted molar refractivity (Wildman–Crippen MR) is 339 cm³/mol. The lowest BCUT2D eigenvalue weighted by atomic mass is 9.48. The second kappa shape index (κ2) is 31.9. The summed E-state index contributed by atoms with van der Waals surface area (Å²) < 4.78 is 58.3. The van der Waals surface area contributed by atoms with Gasteiger partial charge in [0.25, 0.3) is 0 Å². The van der Waals surface area contributed by atoms with Crippen molar-refractivity contribution in [2.75, 3.05) is 45.2 Å². The molecule has 24 nitrogen and oxygen atoms in total. The van der Waals surface area contributed by atoms with Crippen molar-refractivity contribution in [2.24, 2.45) is 46.8 Å². The highest BCUT2D eigenvalue weighted by Gasteiger charge is 2.62. The van der Waals surface area contributed by atoms with Crippen LogP contribution in [0.15, 0.2) is 24.3 Å². The maximum atomic E-state index is 12.9. The Morgan fingerprint density at radius 2 is 1.45 bits per heavy atom. The number of likely N-dealkylation sites (N-methyl/N-ethyl adjacent to an activating group) is 1. The van der Waals surface area contributed by atoms with Gasteiger partial charge in [-0.3, -0.25) is 19.0 Å². The zero-order valence-electron chi connectivity index (χ0n) is 55.8. The molecule has 24 heteroatoms. The van der Waals surface area contributed by atoms with Gasteiger partial charge in [-0.25, -0.2) is 19.7 Å². The van der Waals surface area contributed by atoms with Crippen LogP contribution in [0.3, 0.4) is 0 Å². The molecule has 2 amide bonds. The number of carbonyl (C=O) groups is 4. The number of nitrogens with one attached hydrogen (secondary N) is 2. The molecule has 4 saturated carbocycles. The van der Waals surface area contributed by atoms with Crippen LogP contribution in [-0.2, 0) is 61.8 Å². The number of ether oxygens (including phenoxy) is 9. The number of carboxylic acids is 1. The monoisotopic (exact) mass is 1310 g/mol. The number of hydrogen-bond acceptors (Lipinski definition) is 20. The number of rotatable bonds is 28. The minimum absolute atomic E-state index is 0.00208. The number of unbranched alkanes of at least 4 members (excludes halogenated alkanes) is 4. The van der Waals surface area contributed by atoms with E-state index in [1.807, 2.05) is 32.4 Å². The fraction of sp³-hybridized carbons (Fsp3) is 0.841. The van der Waals surface area contributed by atoms with Crippen molar-refractivity contribution in [3.05, 3.63) is 24.3 Å². The van der Waals surface area contributed by atoms with Crippen molar-refractivity contribution in [1.29, 1.82) is 0 Å². The fourth-order valence-electron chi connectivity index (χ4n) is 18.2. The van der Waals surface area contributed by atoms with Crippen molar-refractivity contribution >= 4 is 40.7 Å². The molecule has 2 aromatic rings. The summed E-state index contributed by atoms with van der Waals surface area (Å²) >= 11 is 0. The van der Waals surface area contributed by atoms with Crippen LogP contribution < -0.4 is 10.6 Å². The first-order valence-corrected chi connectivity index (χ1v) is 35.5. The summed E-state index contributed by atoms with van der Waals surface area (Å²) in [6.45, 7) is 13.3. The molecule has 23 atom stereocenters. The summed E-state index contributed by atoms with van der Waals surface area (Å²) in [5.74, 6) is 2.36. The third-order valence-electron chi connectivity index (χ3n) is 22.9. The molecule has 4 aliphatic carbocycles. The molecule has 11 rings (SSSR count). The summed E-state index contributed by atoms with van der Waals surface area (Å²) in [6, 6.07) is 0. The van der Waals surface area contributed by atoms with E-state index < -0.39 is 67.6 Å². The maximum absolute atomic E-state index is 12.9. The van der Waals surface area contributed by atoms with Gasteiger partial charge in [0.1, 0.15) is 31.4 Å². The topological polar surface area (TPSA) is 303 Å². The summed E-state index contributed by atoms with van der Waals surface area (Å²) in [5.41, 5.74) is 1.91. The van der Waals surface area contributed by atoms with Crippen molar-refractivity contribution in [1.82, 2.24) is 29.7 Å². The molecule has 5 aliphatic heterocycles. The van der Waals surface area contributed by atoms with E-state index in [1.165, 1.54) is 6.33 Å². The van der Waals surface area contributed by atoms with Crippen LogP contribution in [-0.4, -0.2) is 195 Å².